The molecular weight excluding hydrogens is 256 g/mol. The van der Waals surface area contributed by atoms with E-state index < -0.39 is 0 Å². The third kappa shape index (κ3) is 3.69. The molecule has 1 fully saturated rings. The van der Waals surface area contributed by atoms with Gasteiger partial charge in [-0.15, -0.1) is 11.3 Å². The molecule has 0 aliphatic carbocycles. The molecule has 106 valence electrons. The highest BCUT2D eigenvalue weighted by Gasteiger charge is 2.30. The van der Waals surface area contributed by atoms with Gasteiger partial charge in [-0.25, -0.2) is 4.98 Å². The summed E-state index contributed by atoms with van der Waals surface area (Å²) in [5, 5.41) is 4.56. The fourth-order valence-corrected chi connectivity index (χ4v) is 3.18. The van der Waals surface area contributed by atoms with E-state index in [0.717, 1.165) is 37.0 Å². The maximum atomic E-state index is 4.43. The molecule has 1 aromatic rings. The van der Waals surface area contributed by atoms with Gasteiger partial charge < -0.3 is 10.2 Å². The molecule has 1 aliphatic heterocycles. The van der Waals surface area contributed by atoms with Crippen LogP contribution in [-0.4, -0.2) is 36.0 Å². The second-order valence-corrected chi connectivity index (χ2v) is 7.01. The second kappa shape index (κ2) is 5.90. The van der Waals surface area contributed by atoms with Crippen molar-refractivity contribution in [3.63, 3.8) is 0 Å². The van der Waals surface area contributed by atoms with E-state index in [2.05, 4.69) is 41.0 Å². The molecule has 1 N–H and O–H groups in total. The molecule has 0 aromatic carbocycles. The van der Waals surface area contributed by atoms with Crippen LogP contribution >= 0.6 is 11.3 Å². The van der Waals surface area contributed by atoms with Gasteiger partial charge in [0.25, 0.3) is 0 Å². The fraction of sp³-hybridized carbons (Fsp3) is 0.714. The van der Waals surface area contributed by atoms with Crippen molar-refractivity contribution in [1.29, 1.82) is 0 Å². The summed E-state index contributed by atoms with van der Waals surface area (Å²) < 4.78 is 0. The number of nitrogens with one attached hydrogen (secondary N) is 1. The zero-order chi connectivity index (χ0) is 13.9. The van der Waals surface area contributed by atoms with Crippen molar-refractivity contribution < 1.29 is 0 Å². The van der Waals surface area contributed by atoms with Crippen LogP contribution in [0.5, 0.6) is 0 Å². The van der Waals surface area contributed by atoms with E-state index in [1.165, 1.54) is 11.3 Å². The SMILES string of the molecule is CCc1cnc(CNC(=NC)N2CCC(C)(C)C2)s1. The number of hydrogen-bond acceptors (Lipinski definition) is 3. The van der Waals surface area contributed by atoms with Gasteiger partial charge in [0.15, 0.2) is 5.96 Å². The Bertz CT molecular complexity index is 450. The predicted molar refractivity (Wildman–Crippen MR) is 81.7 cm³/mol. The van der Waals surface area contributed by atoms with Gasteiger partial charge >= 0.3 is 0 Å². The minimum Gasteiger partial charge on any atom is -0.350 e. The van der Waals surface area contributed by atoms with Crippen molar-refractivity contribution in [3.8, 4) is 0 Å². The Kier molecular flexibility index (Phi) is 4.45. The molecular formula is C14H24N4S. The lowest BCUT2D eigenvalue weighted by Crippen LogP contribution is -2.40. The Morgan fingerprint density at radius 1 is 1.58 bits per heavy atom. The van der Waals surface area contributed by atoms with Crippen LogP contribution < -0.4 is 5.32 Å². The van der Waals surface area contributed by atoms with E-state index in [0.29, 0.717) is 5.41 Å². The molecule has 4 nitrogen and oxygen atoms in total. The number of thiazole rings is 1. The first-order chi connectivity index (χ1) is 9.04. The number of guanidine groups is 1. The first-order valence-electron chi connectivity index (χ1n) is 6.93. The van der Waals surface area contributed by atoms with Crippen molar-refractivity contribution in [1.82, 2.24) is 15.2 Å². The maximum Gasteiger partial charge on any atom is 0.194 e. The van der Waals surface area contributed by atoms with E-state index in [4.69, 9.17) is 0 Å². The summed E-state index contributed by atoms with van der Waals surface area (Å²) in [5.74, 6) is 0.999. The van der Waals surface area contributed by atoms with Gasteiger partial charge in [-0.05, 0) is 18.3 Å². The molecule has 0 bridgehead atoms. The van der Waals surface area contributed by atoms with Gasteiger partial charge in [0, 0.05) is 31.2 Å². The normalized spacial score (nSPS) is 18.9. The van der Waals surface area contributed by atoms with E-state index in [1.54, 1.807) is 11.3 Å². The van der Waals surface area contributed by atoms with Crippen LogP contribution in [0, 0.1) is 5.41 Å². The molecule has 0 spiro atoms. The van der Waals surface area contributed by atoms with Crippen molar-refractivity contribution in [2.45, 2.75) is 40.2 Å². The standard InChI is InChI=1S/C14H24N4S/c1-5-11-8-16-12(19-11)9-17-13(15-4)18-7-6-14(2,3)10-18/h8H,5-7,9-10H2,1-4H3,(H,15,17). The van der Waals surface area contributed by atoms with E-state index >= 15 is 0 Å². The average Bonchev–Trinajstić information content (AvgIpc) is 2.97. The third-order valence-corrected chi connectivity index (χ3v) is 4.68. The quantitative estimate of drug-likeness (QED) is 0.683. The number of likely N-dealkylation sites (tertiary alicyclic amines) is 1. The minimum absolute atomic E-state index is 0.397. The van der Waals surface area contributed by atoms with Gasteiger partial charge in [0.1, 0.15) is 5.01 Å². The third-order valence-electron chi connectivity index (χ3n) is 3.54. The number of hydrogen-bond donors (Lipinski definition) is 1. The van der Waals surface area contributed by atoms with Crippen LogP contribution in [0.25, 0.3) is 0 Å². The van der Waals surface area contributed by atoms with Crippen LogP contribution in [0.4, 0.5) is 0 Å². The molecule has 2 heterocycles. The molecule has 5 heteroatoms. The van der Waals surface area contributed by atoms with Gasteiger partial charge in [0.2, 0.25) is 0 Å². The van der Waals surface area contributed by atoms with Gasteiger partial charge in [0.05, 0.1) is 6.54 Å². The lowest BCUT2D eigenvalue weighted by molar-refractivity contribution is 0.370. The number of rotatable bonds is 3. The highest BCUT2D eigenvalue weighted by atomic mass is 32.1. The zero-order valence-electron chi connectivity index (χ0n) is 12.4. The summed E-state index contributed by atoms with van der Waals surface area (Å²) in [7, 11) is 1.85. The Hall–Kier alpha value is -1.10. The Balaban J connectivity index is 1.90. The largest absolute Gasteiger partial charge is 0.350 e. The summed E-state index contributed by atoms with van der Waals surface area (Å²) in [6, 6.07) is 0. The van der Waals surface area contributed by atoms with Gasteiger partial charge in [-0.1, -0.05) is 20.8 Å². The second-order valence-electron chi connectivity index (χ2n) is 5.81. The summed E-state index contributed by atoms with van der Waals surface area (Å²) in [6.45, 7) is 9.73. The molecule has 0 saturated carbocycles. The molecule has 19 heavy (non-hydrogen) atoms. The average molecular weight is 280 g/mol. The Morgan fingerprint density at radius 2 is 2.37 bits per heavy atom. The van der Waals surface area contributed by atoms with E-state index in [1.807, 2.05) is 13.2 Å². The zero-order valence-corrected chi connectivity index (χ0v) is 13.2. The molecule has 0 unspecified atom stereocenters. The lowest BCUT2D eigenvalue weighted by atomic mass is 9.93. The number of aliphatic imine (C=N–C) groups is 1. The van der Waals surface area contributed by atoms with Gasteiger partial charge in [-0.2, -0.15) is 0 Å². The fourth-order valence-electron chi connectivity index (χ4n) is 2.37. The van der Waals surface area contributed by atoms with E-state index in [9.17, 15) is 0 Å². The lowest BCUT2D eigenvalue weighted by Gasteiger charge is -2.23. The molecule has 0 amide bonds. The summed E-state index contributed by atoms with van der Waals surface area (Å²) in [6.07, 6.45) is 4.26. The van der Waals surface area contributed by atoms with Crippen LogP contribution in [0.1, 0.15) is 37.1 Å². The summed E-state index contributed by atoms with van der Waals surface area (Å²) in [5.41, 5.74) is 0.397. The molecule has 1 aliphatic rings. The molecule has 1 saturated heterocycles. The van der Waals surface area contributed by atoms with Crippen molar-refractivity contribution in [2.24, 2.45) is 10.4 Å². The monoisotopic (exact) mass is 280 g/mol. The summed E-state index contributed by atoms with van der Waals surface area (Å²) in [4.78, 5) is 12.5. The van der Waals surface area contributed by atoms with Crippen LogP contribution in [0.2, 0.25) is 0 Å². The van der Waals surface area contributed by atoms with Crippen molar-refractivity contribution >= 4 is 17.3 Å². The van der Waals surface area contributed by atoms with Crippen LogP contribution in [0.15, 0.2) is 11.2 Å². The topological polar surface area (TPSA) is 40.5 Å². The van der Waals surface area contributed by atoms with Crippen LogP contribution in [-0.2, 0) is 13.0 Å². The molecule has 0 radical (unpaired) electrons. The van der Waals surface area contributed by atoms with Crippen molar-refractivity contribution in [3.05, 3.63) is 16.1 Å². The molecule has 1 aromatic heterocycles. The van der Waals surface area contributed by atoms with E-state index in [-0.39, 0.29) is 0 Å². The molecule has 2 rings (SSSR count). The predicted octanol–water partition coefficient (Wildman–Crippen LogP) is 2.51. The van der Waals surface area contributed by atoms with Crippen LogP contribution in [0.3, 0.4) is 0 Å². The van der Waals surface area contributed by atoms with Gasteiger partial charge in [-0.3, -0.25) is 4.99 Å². The van der Waals surface area contributed by atoms with Crippen molar-refractivity contribution in [2.75, 3.05) is 20.1 Å². The number of nitrogens with zero attached hydrogens (tertiary/aromatic N) is 3. The minimum atomic E-state index is 0.397. The Labute approximate surface area is 120 Å². The number of aryl methyl sites for hydroxylation is 1. The number of aromatic nitrogens is 1. The summed E-state index contributed by atoms with van der Waals surface area (Å²) >= 11 is 1.78. The maximum absolute atomic E-state index is 4.43. The first-order valence-corrected chi connectivity index (χ1v) is 7.75. The Morgan fingerprint density at radius 3 is 2.89 bits per heavy atom. The smallest absolute Gasteiger partial charge is 0.194 e. The first kappa shape index (κ1) is 14.3. The molecule has 0 atom stereocenters. The highest BCUT2D eigenvalue weighted by Crippen LogP contribution is 2.28. The highest BCUT2D eigenvalue weighted by molar-refractivity contribution is 7.11.